The second-order valence-corrected chi connectivity index (χ2v) is 6.46. The maximum atomic E-state index is 12.1. The van der Waals surface area contributed by atoms with Gasteiger partial charge < -0.3 is 10.6 Å². The zero-order valence-corrected chi connectivity index (χ0v) is 12.4. The molecule has 0 atom stereocenters. The van der Waals surface area contributed by atoms with Crippen LogP contribution in [0.3, 0.4) is 0 Å². The number of carbonyl (C=O) groups excluding carboxylic acids is 2. The van der Waals surface area contributed by atoms with E-state index < -0.39 is 30.1 Å². The molecule has 0 aromatic carbocycles. The Hall–Kier alpha value is -1.57. The number of alkyl halides is 3. The molecule has 1 aliphatic carbocycles. The van der Waals surface area contributed by atoms with Crippen molar-refractivity contribution in [3.63, 3.8) is 0 Å². The van der Waals surface area contributed by atoms with E-state index in [1.807, 2.05) is 18.3 Å². The van der Waals surface area contributed by atoms with E-state index in [1.165, 1.54) is 11.3 Å². The standard InChI is InChI=1S/C13H15F3N2O2S/c1-7-5-8(2)21-9(7)10(19)18-12(3-4-12)11(20)17-6-13(14,15)16/h5H,3-4,6H2,1-2H3,(H,17,20)(H,18,19). The molecule has 1 aliphatic rings. The van der Waals surface area contributed by atoms with Crippen LogP contribution in [0.1, 0.15) is 33.0 Å². The van der Waals surface area contributed by atoms with Gasteiger partial charge in [0.2, 0.25) is 5.91 Å². The number of nitrogens with one attached hydrogen (secondary N) is 2. The Labute approximate surface area is 123 Å². The third-order valence-electron chi connectivity index (χ3n) is 3.23. The smallest absolute Gasteiger partial charge is 0.345 e. The first-order valence-corrected chi connectivity index (χ1v) is 7.19. The van der Waals surface area contributed by atoms with Crippen molar-refractivity contribution in [1.82, 2.24) is 10.6 Å². The van der Waals surface area contributed by atoms with Gasteiger partial charge in [-0.15, -0.1) is 11.3 Å². The predicted octanol–water partition coefficient (Wildman–Crippen LogP) is 2.31. The Bertz CT molecular complexity index is 576. The van der Waals surface area contributed by atoms with Crippen molar-refractivity contribution in [3.05, 3.63) is 21.4 Å². The fraction of sp³-hybridized carbons (Fsp3) is 0.538. The van der Waals surface area contributed by atoms with Gasteiger partial charge in [0.05, 0.1) is 4.88 Å². The molecule has 0 unspecified atom stereocenters. The molecule has 21 heavy (non-hydrogen) atoms. The van der Waals surface area contributed by atoms with Gasteiger partial charge in [0.15, 0.2) is 0 Å². The molecule has 1 fully saturated rings. The van der Waals surface area contributed by atoms with Crippen molar-refractivity contribution in [3.8, 4) is 0 Å². The first-order valence-electron chi connectivity index (χ1n) is 6.38. The molecule has 4 nitrogen and oxygen atoms in total. The Kier molecular flexibility index (Phi) is 4.01. The van der Waals surface area contributed by atoms with Crippen LogP contribution in [-0.2, 0) is 4.79 Å². The van der Waals surface area contributed by atoms with E-state index in [9.17, 15) is 22.8 Å². The minimum absolute atomic E-state index is 0.353. The number of hydrogen-bond donors (Lipinski definition) is 2. The van der Waals surface area contributed by atoms with Gasteiger partial charge in [0, 0.05) is 4.88 Å². The lowest BCUT2D eigenvalue weighted by atomic mass is 10.2. The predicted molar refractivity (Wildman–Crippen MR) is 72.3 cm³/mol. The molecule has 2 N–H and O–H groups in total. The minimum Gasteiger partial charge on any atom is -0.345 e. The number of aryl methyl sites for hydroxylation is 2. The average Bonchev–Trinajstić information content (AvgIpc) is 3.04. The molecular weight excluding hydrogens is 305 g/mol. The van der Waals surface area contributed by atoms with E-state index in [0.29, 0.717) is 17.7 Å². The Morgan fingerprint density at radius 2 is 1.95 bits per heavy atom. The van der Waals surface area contributed by atoms with Crippen molar-refractivity contribution in [2.75, 3.05) is 6.54 Å². The van der Waals surface area contributed by atoms with E-state index in [0.717, 1.165) is 10.4 Å². The van der Waals surface area contributed by atoms with Gasteiger partial charge in [0.1, 0.15) is 12.1 Å². The molecule has 2 amide bonds. The van der Waals surface area contributed by atoms with E-state index in [4.69, 9.17) is 0 Å². The van der Waals surface area contributed by atoms with Crippen LogP contribution in [0, 0.1) is 13.8 Å². The van der Waals surface area contributed by atoms with E-state index >= 15 is 0 Å². The summed E-state index contributed by atoms with van der Waals surface area (Å²) in [6, 6.07) is 1.85. The molecule has 1 aromatic rings. The topological polar surface area (TPSA) is 58.2 Å². The first-order chi connectivity index (χ1) is 9.63. The van der Waals surface area contributed by atoms with Crippen molar-refractivity contribution in [1.29, 1.82) is 0 Å². The maximum absolute atomic E-state index is 12.1. The number of hydrogen-bond acceptors (Lipinski definition) is 3. The SMILES string of the molecule is Cc1cc(C)c(C(=O)NC2(C(=O)NCC(F)(F)F)CC2)s1. The molecule has 0 spiro atoms. The van der Waals surface area contributed by atoms with Gasteiger partial charge in [-0.05, 0) is 38.3 Å². The molecule has 0 radical (unpaired) electrons. The van der Waals surface area contributed by atoms with Crippen LogP contribution in [0.25, 0.3) is 0 Å². The van der Waals surface area contributed by atoms with Gasteiger partial charge in [-0.25, -0.2) is 0 Å². The highest BCUT2D eigenvalue weighted by Crippen LogP contribution is 2.36. The summed E-state index contributed by atoms with van der Waals surface area (Å²) < 4.78 is 36.3. The summed E-state index contributed by atoms with van der Waals surface area (Å²) in [6.07, 6.45) is -3.76. The second kappa shape index (κ2) is 5.32. The molecule has 8 heteroatoms. The summed E-state index contributed by atoms with van der Waals surface area (Å²) in [4.78, 5) is 25.4. The van der Waals surface area contributed by atoms with Crippen LogP contribution in [0.15, 0.2) is 6.07 Å². The normalized spacial score (nSPS) is 16.4. The molecule has 0 bridgehead atoms. The van der Waals surface area contributed by atoms with E-state index in [2.05, 4.69) is 5.32 Å². The summed E-state index contributed by atoms with van der Waals surface area (Å²) >= 11 is 1.30. The van der Waals surface area contributed by atoms with Crippen LogP contribution in [0.4, 0.5) is 13.2 Å². The van der Waals surface area contributed by atoms with Crippen molar-refractivity contribution >= 4 is 23.2 Å². The monoisotopic (exact) mass is 320 g/mol. The summed E-state index contributed by atoms with van der Waals surface area (Å²) in [5.74, 6) is -1.19. The first kappa shape index (κ1) is 15.8. The molecule has 1 heterocycles. The molecule has 1 saturated carbocycles. The Balaban J connectivity index is 2.00. The van der Waals surface area contributed by atoms with E-state index in [1.54, 1.807) is 6.92 Å². The fourth-order valence-electron chi connectivity index (χ4n) is 2.02. The molecule has 0 aliphatic heterocycles. The van der Waals surface area contributed by atoms with Gasteiger partial charge >= 0.3 is 6.18 Å². The van der Waals surface area contributed by atoms with Gasteiger partial charge in [0.25, 0.3) is 5.91 Å². The highest BCUT2D eigenvalue weighted by atomic mass is 32.1. The van der Waals surface area contributed by atoms with Crippen molar-refractivity contribution in [2.24, 2.45) is 0 Å². The lowest BCUT2D eigenvalue weighted by Crippen LogP contribution is -2.50. The van der Waals surface area contributed by atoms with Crippen LogP contribution >= 0.6 is 11.3 Å². The van der Waals surface area contributed by atoms with Gasteiger partial charge in [-0.1, -0.05) is 0 Å². The Morgan fingerprint density at radius 3 is 2.38 bits per heavy atom. The highest BCUT2D eigenvalue weighted by Gasteiger charge is 2.52. The number of amides is 2. The number of thiophene rings is 1. The third kappa shape index (κ3) is 3.75. The quantitative estimate of drug-likeness (QED) is 0.894. The van der Waals surface area contributed by atoms with Gasteiger partial charge in [-0.3, -0.25) is 9.59 Å². The van der Waals surface area contributed by atoms with E-state index in [-0.39, 0.29) is 0 Å². The third-order valence-corrected chi connectivity index (χ3v) is 4.39. The van der Waals surface area contributed by atoms with Gasteiger partial charge in [-0.2, -0.15) is 13.2 Å². The van der Waals surface area contributed by atoms with Crippen LogP contribution in [0.2, 0.25) is 0 Å². The summed E-state index contributed by atoms with van der Waals surface area (Å²) in [6.45, 7) is 2.25. The molecule has 2 rings (SSSR count). The molecular formula is C13H15F3N2O2S. The Morgan fingerprint density at radius 1 is 1.33 bits per heavy atom. The summed E-state index contributed by atoms with van der Waals surface area (Å²) in [5.41, 5.74) is -0.395. The zero-order chi connectivity index (χ0) is 15.8. The van der Waals surface area contributed by atoms with Crippen LogP contribution in [0.5, 0.6) is 0 Å². The van der Waals surface area contributed by atoms with Crippen LogP contribution < -0.4 is 10.6 Å². The maximum Gasteiger partial charge on any atom is 0.405 e. The number of rotatable bonds is 4. The fourth-order valence-corrected chi connectivity index (χ4v) is 2.95. The molecule has 1 aromatic heterocycles. The summed E-state index contributed by atoms with van der Waals surface area (Å²) in [7, 11) is 0. The summed E-state index contributed by atoms with van der Waals surface area (Å²) in [5, 5.41) is 4.39. The van der Waals surface area contributed by atoms with Crippen molar-refractivity contribution in [2.45, 2.75) is 38.4 Å². The zero-order valence-electron chi connectivity index (χ0n) is 11.6. The second-order valence-electron chi connectivity index (χ2n) is 5.20. The van der Waals surface area contributed by atoms with Crippen LogP contribution in [-0.4, -0.2) is 30.1 Å². The number of carbonyl (C=O) groups is 2. The molecule has 0 saturated heterocycles. The minimum atomic E-state index is -4.46. The van der Waals surface area contributed by atoms with Crippen molar-refractivity contribution < 1.29 is 22.8 Å². The number of halogens is 3. The molecule has 116 valence electrons. The average molecular weight is 320 g/mol. The highest BCUT2D eigenvalue weighted by molar-refractivity contribution is 7.14. The lowest BCUT2D eigenvalue weighted by Gasteiger charge is -2.17. The largest absolute Gasteiger partial charge is 0.405 e. The lowest BCUT2D eigenvalue weighted by molar-refractivity contribution is -0.140.